The molecule has 2 fully saturated rings. The zero-order chi connectivity index (χ0) is 24.2. The van der Waals surface area contributed by atoms with E-state index in [2.05, 4.69) is 10.3 Å². The van der Waals surface area contributed by atoms with Crippen LogP contribution in [0.4, 0.5) is 8.78 Å². The zero-order valence-electron chi connectivity index (χ0n) is 19.8. The molecular formula is C24H33F2N5O3. The molecule has 4 rings (SSSR count). The van der Waals surface area contributed by atoms with Gasteiger partial charge in [-0.3, -0.25) is 9.59 Å². The fraction of sp³-hybridized carbons (Fsp3) is 0.625. The third-order valence-electron chi connectivity index (χ3n) is 6.43. The third kappa shape index (κ3) is 5.38. The van der Waals surface area contributed by atoms with Gasteiger partial charge >= 0.3 is 0 Å². The minimum absolute atomic E-state index is 0.0174. The number of nitrogens with one attached hydrogen (secondary N) is 1. The Morgan fingerprint density at radius 3 is 2.65 bits per heavy atom. The van der Waals surface area contributed by atoms with E-state index in [0.29, 0.717) is 63.4 Å². The summed E-state index contributed by atoms with van der Waals surface area (Å²) in [5.41, 5.74) is 1.02. The molecule has 10 heteroatoms. The van der Waals surface area contributed by atoms with E-state index in [-0.39, 0.29) is 35.5 Å². The van der Waals surface area contributed by atoms with Crippen LogP contribution in [0.3, 0.4) is 0 Å². The maximum atomic E-state index is 13.8. The highest BCUT2D eigenvalue weighted by molar-refractivity contribution is 5.95. The van der Waals surface area contributed by atoms with Crippen LogP contribution in [0.2, 0.25) is 0 Å². The van der Waals surface area contributed by atoms with Crippen molar-refractivity contribution in [1.29, 1.82) is 0 Å². The number of carbonyl (C=O) groups excluding carboxylic acids is 2. The van der Waals surface area contributed by atoms with Crippen LogP contribution in [0, 0.1) is 11.8 Å². The Balaban J connectivity index is 1.60. The van der Waals surface area contributed by atoms with E-state index in [1.807, 2.05) is 18.7 Å². The van der Waals surface area contributed by atoms with Gasteiger partial charge in [0, 0.05) is 38.8 Å². The number of para-hydroxylation sites is 2. The van der Waals surface area contributed by atoms with Crippen LogP contribution in [0.1, 0.15) is 30.9 Å². The fourth-order valence-electron chi connectivity index (χ4n) is 4.87. The molecule has 0 spiro atoms. The lowest BCUT2D eigenvalue weighted by Gasteiger charge is -2.40. The predicted molar refractivity (Wildman–Crippen MR) is 124 cm³/mol. The van der Waals surface area contributed by atoms with Crippen molar-refractivity contribution in [2.75, 3.05) is 45.9 Å². The highest BCUT2D eigenvalue weighted by Crippen LogP contribution is 2.24. The fourth-order valence-corrected chi connectivity index (χ4v) is 4.87. The normalized spacial score (nSPS) is 21.4. The molecule has 2 saturated heterocycles. The van der Waals surface area contributed by atoms with Crippen LogP contribution in [0.5, 0.6) is 0 Å². The van der Waals surface area contributed by atoms with Gasteiger partial charge in [0.1, 0.15) is 0 Å². The number of benzene rings is 1. The number of fused-ring (bicyclic) bond motifs is 1. The molecule has 0 radical (unpaired) electrons. The van der Waals surface area contributed by atoms with Crippen LogP contribution in [0.15, 0.2) is 24.3 Å². The van der Waals surface area contributed by atoms with Crippen LogP contribution in [-0.4, -0.2) is 89.6 Å². The lowest BCUT2D eigenvalue weighted by atomic mass is 9.92. The Hall–Kier alpha value is -2.59. The van der Waals surface area contributed by atoms with E-state index < -0.39 is 13.0 Å². The largest absolute Gasteiger partial charge is 0.378 e. The molecule has 1 aromatic heterocycles. The summed E-state index contributed by atoms with van der Waals surface area (Å²) in [6, 6.07) is 6.71. The number of carbonyl (C=O) groups is 2. The Labute approximate surface area is 198 Å². The number of piperidine rings is 1. The average molecular weight is 478 g/mol. The van der Waals surface area contributed by atoms with Crippen molar-refractivity contribution in [3.05, 3.63) is 30.1 Å². The van der Waals surface area contributed by atoms with Gasteiger partial charge in [0.15, 0.2) is 5.82 Å². The quantitative estimate of drug-likeness (QED) is 0.662. The molecule has 34 heavy (non-hydrogen) atoms. The molecule has 2 aromatic rings. The van der Waals surface area contributed by atoms with Gasteiger partial charge < -0.3 is 24.4 Å². The van der Waals surface area contributed by atoms with Crippen molar-refractivity contribution in [3.63, 3.8) is 0 Å². The topological polar surface area (TPSA) is 79.7 Å². The maximum Gasteiger partial charge on any atom is 0.290 e. The Kier molecular flexibility index (Phi) is 7.77. The highest BCUT2D eigenvalue weighted by Gasteiger charge is 2.37. The number of aromatic nitrogens is 2. The molecule has 0 saturated carbocycles. The van der Waals surface area contributed by atoms with Gasteiger partial charge in [-0.2, -0.15) is 0 Å². The number of ether oxygens (including phenoxy) is 1. The first-order chi connectivity index (χ1) is 16.3. The van der Waals surface area contributed by atoms with Crippen molar-refractivity contribution in [1.82, 2.24) is 24.7 Å². The van der Waals surface area contributed by atoms with Gasteiger partial charge in [0.25, 0.3) is 12.3 Å². The minimum Gasteiger partial charge on any atom is -0.378 e. The minimum atomic E-state index is -2.62. The summed E-state index contributed by atoms with van der Waals surface area (Å²) in [7, 11) is 0. The molecule has 0 unspecified atom stereocenters. The van der Waals surface area contributed by atoms with Gasteiger partial charge in [0.2, 0.25) is 5.91 Å². The number of amides is 2. The summed E-state index contributed by atoms with van der Waals surface area (Å²) < 4.78 is 33.5. The first-order valence-corrected chi connectivity index (χ1v) is 12.0. The molecule has 2 aliphatic heterocycles. The van der Waals surface area contributed by atoms with Crippen LogP contribution in [-0.2, 0) is 16.1 Å². The molecule has 186 valence electrons. The first kappa shape index (κ1) is 24.5. The molecule has 2 aliphatic rings. The summed E-state index contributed by atoms with van der Waals surface area (Å²) in [6.07, 6.45) is -2.09. The predicted octanol–water partition coefficient (Wildman–Crippen LogP) is 2.24. The summed E-state index contributed by atoms with van der Waals surface area (Å²) in [4.78, 5) is 34.9. The van der Waals surface area contributed by atoms with E-state index >= 15 is 0 Å². The van der Waals surface area contributed by atoms with Crippen molar-refractivity contribution >= 4 is 22.8 Å². The van der Waals surface area contributed by atoms with Crippen molar-refractivity contribution in [2.24, 2.45) is 11.8 Å². The molecule has 8 nitrogen and oxygen atoms in total. The van der Waals surface area contributed by atoms with Crippen molar-refractivity contribution in [2.45, 2.75) is 39.3 Å². The van der Waals surface area contributed by atoms with Crippen molar-refractivity contribution < 1.29 is 23.1 Å². The lowest BCUT2D eigenvalue weighted by Crippen LogP contribution is -2.56. The average Bonchev–Trinajstić information content (AvgIpc) is 3.20. The molecule has 2 amide bonds. The first-order valence-electron chi connectivity index (χ1n) is 12.0. The summed E-state index contributed by atoms with van der Waals surface area (Å²) in [6.45, 7) is 7.18. The number of hydrogen-bond donors (Lipinski definition) is 1. The molecule has 0 bridgehead atoms. The van der Waals surface area contributed by atoms with E-state index in [4.69, 9.17) is 4.74 Å². The molecule has 3 heterocycles. The van der Waals surface area contributed by atoms with Gasteiger partial charge in [0.05, 0.1) is 36.7 Å². The monoisotopic (exact) mass is 477 g/mol. The second kappa shape index (κ2) is 10.8. The van der Waals surface area contributed by atoms with E-state index in [1.54, 1.807) is 29.2 Å². The number of rotatable bonds is 7. The Morgan fingerprint density at radius 2 is 1.94 bits per heavy atom. The van der Waals surface area contributed by atoms with Gasteiger partial charge in [-0.15, -0.1) is 0 Å². The van der Waals surface area contributed by atoms with Crippen LogP contribution in [0.25, 0.3) is 11.0 Å². The van der Waals surface area contributed by atoms with E-state index in [9.17, 15) is 18.4 Å². The highest BCUT2D eigenvalue weighted by atomic mass is 19.3. The number of hydrogen-bond acceptors (Lipinski definition) is 5. The van der Waals surface area contributed by atoms with Crippen LogP contribution < -0.4 is 5.32 Å². The molecule has 1 N–H and O–H groups in total. The van der Waals surface area contributed by atoms with Gasteiger partial charge in [-0.05, 0) is 24.5 Å². The molecule has 1 aromatic carbocycles. The number of halogens is 2. The second-order valence-electron chi connectivity index (χ2n) is 9.46. The van der Waals surface area contributed by atoms with Gasteiger partial charge in [-0.25, -0.2) is 13.8 Å². The number of morpholine rings is 1. The zero-order valence-corrected chi connectivity index (χ0v) is 19.8. The molecule has 2 atom stereocenters. The molecular weight excluding hydrogens is 444 g/mol. The van der Waals surface area contributed by atoms with Crippen molar-refractivity contribution in [3.8, 4) is 0 Å². The standard InChI is InChI=1S/C24H33F2N5O3/c1-16(2)14-30(18-11-17(12-27-13-18)23(32)29-7-9-34-10-8-29)24(33)22-28-19-5-3-4-6-20(19)31(22)15-21(25)26/h3-6,16-18,21,27H,7-15H2,1-2H3/t17-,18+/m1/s1. The van der Waals surface area contributed by atoms with E-state index in [1.165, 1.54) is 4.57 Å². The summed E-state index contributed by atoms with van der Waals surface area (Å²) in [5.74, 6) is -0.380. The number of alkyl halides is 2. The SMILES string of the molecule is CC(C)CN(C(=O)c1nc2ccccc2n1CC(F)F)[C@@H]1CNC[C@H](C(=O)N2CCOCC2)C1. The Morgan fingerprint density at radius 1 is 1.21 bits per heavy atom. The molecule has 0 aliphatic carbocycles. The third-order valence-corrected chi connectivity index (χ3v) is 6.43. The van der Waals surface area contributed by atoms with Gasteiger partial charge in [-0.1, -0.05) is 26.0 Å². The summed E-state index contributed by atoms with van der Waals surface area (Å²) in [5, 5.41) is 3.32. The lowest BCUT2D eigenvalue weighted by molar-refractivity contribution is -0.140. The second-order valence-corrected chi connectivity index (χ2v) is 9.46. The Bertz CT molecular complexity index is 1010. The number of imidazole rings is 1. The van der Waals surface area contributed by atoms with Crippen LogP contribution >= 0.6 is 0 Å². The maximum absolute atomic E-state index is 13.8. The smallest absolute Gasteiger partial charge is 0.290 e. The number of nitrogens with zero attached hydrogens (tertiary/aromatic N) is 4. The summed E-state index contributed by atoms with van der Waals surface area (Å²) >= 11 is 0. The van der Waals surface area contributed by atoms with E-state index in [0.717, 1.165) is 0 Å².